The van der Waals surface area contributed by atoms with Crippen molar-refractivity contribution in [1.82, 2.24) is 5.32 Å². The lowest BCUT2D eigenvalue weighted by Gasteiger charge is -2.26. The van der Waals surface area contributed by atoms with Gasteiger partial charge in [-0.2, -0.15) is 0 Å². The first-order chi connectivity index (χ1) is 7.87. The van der Waals surface area contributed by atoms with E-state index in [2.05, 4.69) is 46.9 Å². The van der Waals surface area contributed by atoms with Crippen LogP contribution in [-0.4, -0.2) is 12.1 Å². The summed E-state index contributed by atoms with van der Waals surface area (Å²) >= 11 is 0. The second-order valence-electron chi connectivity index (χ2n) is 6.79. The van der Waals surface area contributed by atoms with Crippen LogP contribution in [0.25, 0.3) is 0 Å². The van der Waals surface area contributed by atoms with E-state index in [4.69, 9.17) is 0 Å². The molecule has 0 spiro atoms. The largest absolute Gasteiger partial charge is 0.312 e. The summed E-state index contributed by atoms with van der Waals surface area (Å²) in [5.74, 6) is 1.65. The van der Waals surface area contributed by atoms with Crippen molar-refractivity contribution in [2.45, 2.75) is 85.6 Å². The predicted molar refractivity (Wildman–Crippen MR) is 79.5 cm³/mol. The highest BCUT2D eigenvalue weighted by molar-refractivity contribution is 4.73. The summed E-state index contributed by atoms with van der Waals surface area (Å²) in [4.78, 5) is 0. The van der Waals surface area contributed by atoms with Crippen molar-refractivity contribution in [2.75, 3.05) is 6.54 Å². The lowest BCUT2D eigenvalue weighted by Crippen LogP contribution is -2.39. The Bertz CT molecular complexity index is 169. The highest BCUT2D eigenvalue weighted by Gasteiger charge is 2.15. The van der Waals surface area contributed by atoms with E-state index in [-0.39, 0.29) is 5.54 Å². The zero-order valence-corrected chi connectivity index (χ0v) is 13.1. The van der Waals surface area contributed by atoms with Gasteiger partial charge >= 0.3 is 0 Å². The Hall–Kier alpha value is -0.0400. The highest BCUT2D eigenvalue weighted by atomic mass is 14.9. The molecule has 17 heavy (non-hydrogen) atoms. The van der Waals surface area contributed by atoms with Gasteiger partial charge in [-0.25, -0.2) is 0 Å². The van der Waals surface area contributed by atoms with Crippen molar-refractivity contribution >= 4 is 0 Å². The molecule has 1 N–H and O–H groups in total. The van der Waals surface area contributed by atoms with E-state index in [1.165, 1.54) is 38.5 Å². The average Bonchev–Trinajstić information content (AvgIpc) is 2.24. The van der Waals surface area contributed by atoms with Crippen LogP contribution in [0.15, 0.2) is 0 Å². The minimum Gasteiger partial charge on any atom is -0.312 e. The quantitative estimate of drug-likeness (QED) is 0.560. The highest BCUT2D eigenvalue weighted by Crippen LogP contribution is 2.19. The summed E-state index contributed by atoms with van der Waals surface area (Å²) in [7, 11) is 0. The normalized spacial score (nSPS) is 15.9. The first kappa shape index (κ1) is 17.0. The van der Waals surface area contributed by atoms with Gasteiger partial charge in [-0.15, -0.1) is 0 Å². The molecule has 1 heteroatoms. The van der Waals surface area contributed by atoms with Crippen LogP contribution in [0.1, 0.15) is 80.1 Å². The fourth-order valence-electron chi connectivity index (χ4n) is 2.02. The van der Waals surface area contributed by atoms with Gasteiger partial charge in [-0.1, -0.05) is 59.3 Å². The van der Waals surface area contributed by atoms with Gasteiger partial charge in [-0.05, 0) is 39.2 Å². The molecule has 0 amide bonds. The molecular weight excluding hydrogens is 206 g/mol. The zero-order valence-electron chi connectivity index (χ0n) is 13.1. The van der Waals surface area contributed by atoms with Crippen molar-refractivity contribution < 1.29 is 0 Å². The van der Waals surface area contributed by atoms with E-state index in [0.717, 1.165) is 18.4 Å². The molecule has 0 bridgehead atoms. The Morgan fingerprint density at radius 2 is 1.47 bits per heavy atom. The van der Waals surface area contributed by atoms with E-state index < -0.39 is 0 Å². The van der Waals surface area contributed by atoms with Crippen molar-refractivity contribution in [3.05, 3.63) is 0 Å². The third-order valence-corrected chi connectivity index (χ3v) is 3.69. The minimum atomic E-state index is 0.259. The minimum absolute atomic E-state index is 0.259. The van der Waals surface area contributed by atoms with E-state index in [1.54, 1.807) is 0 Å². The number of unbranched alkanes of at least 4 members (excludes halogenated alkanes) is 4. The van der Waals surface area contributed by atoms with Crippen LogP contribution >= 0.6 is 0 Å². The summed E-state index contributed by atoms with van der Waals surface area (Å²) in [6.45, 7) is 15.0. The van der Waals surface area contributed by atoms with Crippen molar-refractivity contribution in [2.24, 2.45) is 11.8 Å². The van der Waals surface area contributed by atoms with E-state index in [0.29, 0.717) is 0 Å². The standard InChI is InChI=1S/C16H35N/c1-7-8-9-10-11-12-14(2)15(3)13-17-16(4,5)6/h14-15,17H,7-13H2,1-6H3. The molecule has 0 aromatic carbocycles. The molecule has 0 aromatic rings. The van der Waals surface area contributed by atoms with Crippen molar-refractivity contribution in [3.63, 3.8) is 0 Å². The Morgan fingerprint density at radius 3 is 2.00 bits per heavy atom. The maximum Gasteiger partial charge on any atom is 0.00966 e. The van der Waals surface area contributed by atoms with Crippen LogP contribution in [0, 0.1) is 11.8 Å². The summed E-state index contributed by atoms with van der Waals surface area (Å²) in [6.07, 6.45) is 8.43. The lowest BCUT2D eigenvalue weighted by atomic mass is 9.90. The summed E-state index contributed by atoms with van der Waals surface area (Å²) in [5, 5.41) is 3.61. The second kappa shape index (κ2) is 8.97. The molecule has 0 aliphatic rings. The van der Waals surface area contributed by atoms with Gasteiger partial charge in [0.25, 0.3) is 0 Å². The van der Waals surface area contributed by atoms with Crippen molar-refractivity contribution in [3.8, 4) is 0 Å². The zero-order chi connectivity index (χ0) is 13.3. The molecule has 0 aliphatic heterocycles. The van der Waals surface area contributed by atoms with Gasteiger partial charge in [0.15, 0.2) is 0 Å². The average molecular weight is 241 g/mol. The number of rotatable bonds is 9. The molecule has 0 aromatic heterocycles. The summed E-state index contributed by atoms with van der Waals surface area (Å²) < 4.78 is 0. The molecule has 0 rings (SSSR count). The molecule has 0 aliphatic carbocycles. The molecule has 0 saturated carbocycles. The van der Waals surface area contributed by atoms with E-state index in [9.17, 15) is 0 Å². The maximum atomic E-state index is 3.61. The molecule has 2 atom stereocenters. The van der Waals surface area contributed by atoms with Crippen molar-refractivity contribution in [1.29, 1.82) is 0 Å². The fraction of sp³-hybridized carbons (Fsp3) is 1.00. The Morgan fingerprint density at radius 1 is 0.882 bits per heavy atom. The van der Waals surface area contributed by atoms with Crippen LogP contribution in [0.3, 0.4) is 0 Å². The first-order valence-electron chi connectivity index (χ1n) is 7.62. The van der Waals surface area contributed by atoms with Gasteiger partial charge in [0.05, 0.1) is 0 Å². The van der Waals surface area contributed by atoms with Crippen LogP contribution in [-0.2, 0) is 0 Å². The van der Waals surface area contributed by atoms with Gasteiger partial charge in [-0.3, -0.25) is 0 Å². The maximum absolute atomic E-state index is 3.61. The van der Waals surface area contributed by atoms with Crippen LogP contribution in [0.4, 0.5) is 0 Å². The van der Waals surface area contributed by atoms with Gasteiger partial charge in [0.2, 0.25) is 0 Å². The molecular formula is C16H35N. The van der Waals surface area contributed by atoms with Gasteiger partial charge in [0, 0.05) is 5.54 Å². The number of hydrogen-bond acceptors (Lipinski definition) is 1. The molecule has 0 fully saturated rings. The summed E-state index contributed by atoms with van der Waals surface area (Å²) in [5.41, 5.74) is 0.259. The topological polar surface area (TPSA) is 12.0 Å². The first-order valence-corrected chi connectivity index (χ1v) is 7.62. The smallest absolute Gasteiger partial charge is 0.00966 e. The predicted octanol–water partition coefficient (Wildman–Crippen LogP) is 5.01. The van der Waals surface area contributed by atoms with Gasteiger partial charge in [0.1, 0.15) is 0 Å². The SMILES string of the molecule is CCCCCCCC(C)C(C)CNC(C)(C)C. The second-order valence-corrected chi connectivity index (χ2v) is 6.79. The Balaban J connectivity index is 3.57. The fourth-order valence-corrected chi connectivity index (χ4v) is 2.02. The Kier molecular flexibility index (Phi) is 8.94. The Labute approximate surface area is 110 Å². The molecule has 0 saturated heterocycles. The monoisotopic (exact) mass is 241 g/mol. The van der Waals surface area contributed by atoms with Crippen LogP contribution < -0.4 is 5.32 Å². The van der Waals surface area contributed by atoms with Gasteiger partial charge < -0.3 is 5.32 Å². The van der Waals surface area contributed by atoms with Crippen LogP contribution in [0.5, 0.6) is 0 Å². The lowest BCUT2D eigenvalue weighted by molar-refractivity contribution is 0.301. The number of hydrogen-bond donors (Lipinski definition) is 1. The molecule has 104 valence electrons. The third kappa shape index (κ3) is 10.8. The molecule has 2 unspecified atom stereocenters. The molecule has 1 nitrogen and oxygen atoms in total. The van der Waals surface area contributed by atoms with E-state index >= 15 is 0 Å². The van der Waals surface area contributed by atoms with E-state index in [1.807, 2.05) is 0 Å². The van der Waals surface area contributed by atoms with Crippen LogP contribution in [0.2, 0.25) is 0 Å². The molecule has 0 heterocycles. The number of nitrogens with one attached hydrogen (secondary N) is 1. The third-order valence-electron chi connectivity index (χ3n) is 3.69. The summed E-state index contributed by atoms with van der Waals surface area (Å²) in [6, 6.07) is 0. The molecule has 0 radical (unpaired) electrons.